The van der Waals surface area contributed by atoms with E-state index in [-0.39, 0.29) is 6.42 Å². The van der Waals surface area contributed by atoms with E-state index < -0.39 is 0 Å². The summed E-state index contributed by atoms with van der Waals surface area (Å²) in [5, 5.41) is 13.2. The van der Waals surface area contributed by atoms with Crippen molar-refractivity contribution in [3.05, 3.63) is 66.2 Å². The van der Waals surface area contributed by atoms with Crippen LogP contribution < -0.4 is 5.32 Å². The van der Waals surface area contributed by atoms with E-state index in [0.717, 1.165) is 32.8 Å². The van der Waals surface area contributed by atoms with Crippen molar-refractivity contribution >= 4 is 27.5 Å². The maximum atomic E-state index is 9.19. The van der Waals surface area contributed by atoms with E-state index in [0.29, 0.717) is 18.2 Å². The standard InChI is InChI=1S/C20H16N6S/c21-9-7-16-15(19-25-17-5-1-2-6-18(17)27-19)13-24-20(26-16)23-11-8-14-4-3-10-22-12-14/h1-6,10,12-13H,7-8,11H2,(H,23,24,26). The third kappa shape index (κ3) is 3.91. The summed E-state index contributed by atoms with van der Waals surface area (Å²) in [5.41, 5.74) is 3.60. The summed E-state index contributed by atoms with van der Waals surface area (Å²) in [6.45, 7) is 0.693. The number of aromatic nitrogens is 4. The van der Waals surface area contributed by atoms with Crippen molar-refractivity contribution in [3.8, 4) is 16.6 Å². The van der Waals surface area contributed by atoms with Gasteiger partial charge < -0.3 is 5.32 Å². The zero-order chi connectivity index (χ0) is 18.5. The predicted octanol–water partition coefficient (Wildman–Crippen LogP) is 3.87. The Bertz CT molecular complexity index is 1070. The van der Waals surface area contributed by atoms with Crippen molar-refractivity contribution < 1.29 is 0 Å². The zero-order valence-electron chi connectivity index (χ0n) is 14.5. The molecule has 0 bridgehead atoms. The van der Waals surface area contributed by atoms with Crippen LogP contribution in [0.2, 0.25) is 0 Å². The molecule has 1 N–H and O–H groups in total. The molecule has 0 saturated heterocycles. The lowest BCUT2D eigenvalue weighted by Crippen LogP contribution is -2.09. The summed E-state index contributed by atoms with van der Waals surface area (Å²) in [6, 6.07) is 14.1. The maximum Gasteiger partial charge on any atom is 0.222 e. The van der Waals surface area contributed by atoms with Crippen LogP contribution in [-0.2, 0) is 12.8 Å². The van der Waals surface area contributed by atoms with Crippen molar-refractivity contribution in [2.75, 3.05) is 11.9 Å². The molecule has 0 aliphatic rings. The van der Waals surface area contributed by atoms with E-state index in [2.05, 4.69) is 31.3 Å². The van der Waals surface area contributed by atoms with E-state index in [4.69, 9.17) is 0 Å². The molecular formula is C20H16N6S. The minimum Gasteiger partial charge on any atom is -0.354 e. The van der Waals surface area contributed by atoms with Crippen LogP contribution in [0.15, 0.2) is 55.0 Å². The predicted molar refractivity (Wildman–Crippen MR) is 106 cm³/mol. The lowest BCUT2D eigenvalue weighted by atomic mass is 10.2. The third-order valence-electron chi connectivity index (χ3n) is 4.06. The number of para-hydroxylation sites is 1. The van der Waals surface area contributed by atoms with Crippen LogP contribution >= 0.6 is 11.3 Å². The van der Waals surface area contributed by atoms with Gasteiger partial charge in [0.25, 0.3) is 0 Å². The normalized spacial score (nSPS) is 10.6. The van der Waals surface area contributed by atoms with E-state index in [9.17, 15) is 5.26 Å². The number of nitrogens with one attached hydrogen (secondary N) is 1. The summed E-state index contributed by atoms with van der Waals surface area (Å²) in [5.74, 6) is 0.522. The topological polar surface area (TPSA) is 87.4 Å². The van der Waals surface area contributed by atoms with Crippen LogP contribution in [0.4, 0.5) is 5.95 Å². The van der Waals surface area contributed by atoms with Crippen LogP contribution in [0.25, 0.3) is 20.8 Å². The lowest BCUT2D eigenvalue weighted by molar-refractivity contribution is 0.960. The summed E-state index contributed by atoms with van der Waals surface area (Å²) >= 11 is 1.58. The monoisotopic (exact) mass is 372 g/mol. The molecule has 0 amide bonds. The average Bonchev–Trinajstić information content (AvgIpc) is 3.13. The number of pyridine rings is 1. The Balaban J connectivity index is 1.55. The first-order valence-corrected chi connectivity index (χ1v) is 9.37. The number of rotatable bonds is 6. The molecule has 0 unspecified atom stereocenters. The van der Waals surface area contributed by atoms with Gasteiger partial charge in [0, 0.05) is 25.1 Å². The number of hydrogen-bond acceptors (Lipinski definition) is 7. The van der Waals surface area contributed by atoms with Gasteiger partial charge in [0.05, 0.1) is 34.0 Å². The number of nitriles is 1. The van der Waals surface area contributed by atoms with E-state index in [1.807, 2.05) is 42.6 Å². The minimum atomic E-state index is 0.213. The van der Waals surface area contributed by atoms with Crippen LogP contribution in [0.1, 0.15) is 11.3 Å². The molecule has 7 heteroatoms. The van der Waals surface area contributed by atoms with Gasteiger partial charge in [-0.3, -0.25) is 4.98 Å². The first kappa shape index (κ1) is 17.1. The summed E-state index contributed by atoms with van der Waals surface area (Å²) in [4.78, 5) is 17.7. The number of fused-ring (bicyclic) bond motifs is 1. The van der Waals surface area contributed by atoms with Gasteiger partial charge in [-0.05, 0) is 30.2 Å². The second-order valence-corrected chi connectivity index (χ2v) is 6.94. The summed E-state index contributed by atoms with van der Waals surface area (Å²) in [7, 11) is 0. The number of nitrogens with zero attached hydrogens (tertiary/aromatic N) is 5. The second kappa shape index (κ2) is 7.89. The highest BCUT2D eigenvalue weighted by Crippen LogP contribution is 2.31. The molecule has 0 atom stereocenters. The first-order valence-electron chi connectivity index (χ1n) is 8.55. The molecule has 3 heterocycles. The summed E-state index contributed by atoms with van der Waals surface area (Å²) in [6.07, 6.45) is 6.40. The molecule has 3 aromatic heterocycles. The number of benzene rings is 1. The molecule has 27 heavy (non-hydrogen) atoms. The number of anilines is 1. The van der Waals surface area contributed by atoms with Gasteiger partial charge in [-0.1, -0.05) is 18.2 Å². The van der Waals surface area contributed by atoms with Gasteiger partial charge in [0.1, 0.15) is 5.01 Å². The molecule has 0 fully saturated rings. The minimum absolute atomic E-state index is 0.213. The van der Waals surface area contributed by atoms with Crippen LogP contribution in [0.3, 0.4) is 0 Å². The highest BCUT2D eigenvalue weighted by molar-refractivity contribution is 7.21. The highest BCUT2D eigenvalue weighted by Gasteiger charge is 2.13. The molecule has 0 spiro atoms. The average molecular weight is 372 g/mol. The fourth-order valence-corrected chi connectivity index (χ4v) is 3.74. The van der Waals surface area contributed by atoms with Crippen molar-refractivity contribution in [2.24, 2.45) is 0 Å². The van der Waals surface area contributed by atoms with Crippen molar-refractivity contribution in [3.63, 3.8) is 0 Å². The highest BCUT2D eigenvalue weighted by atomic mass is 32.1. The fraction of sp³-hybridized carbons (Fsp3) is 0.150. The van der Waals surface area contributed by atoms with Gasteiger partial charge >= 0.3 is 0 Å². The Morgan fingerprint density at radius 1 is 1.07 bits per heavy atom. The van der Waals surface area contributed by atoms with Gasteiger partial charge in [0.2, 0.25) is 5.95 Å². The fourth-order valence-electron chi connectivity index (χ4n) is 2.74. The quantitative estimate of drug-likeness (QED) is 0.553. The van der Waals surface area contributed by atoms with Gasteiger partial charge in [0.15, 0.2) is 0 Å². The molecule has 4 aromatic rings. The molecule has 4 rings (SSSR count). The Labute approximate surface area is 160 Å². The Hall–Kier alpha value is -3.37. The lowest BCUT2D eigenvalue weighted by Gasteiger charge is -2.08. The Kier molecular flexibility index (Phi) is 4.99. The third-order valence-corrected chi connectivity index (χ3v) is 5.13. The Morgan fingerprint density at radius 2 is 2.00 bits per heavy atom. The molecule has 0 radical (unpaired) electrons. The van der Waals surface area contributed by atoms with Gasteiger partial charge in [-0.15, -0.1) is 11.3 Å². The van der Waals surface area contributed by atoms with E-state index in [1.54, 1.807) is 23.7 Å². The van der Waals surface area contributed by atoms with Gasteiger partial charge in [-0.25, -0.2) is 15.0 Å². The van der Waals surface area contributed by atoms with Crippen LogP contribution in [0, 0.1) is 11.3 Å². The van der Waals surface area contributed by atoms with Crippen molar-refractivity contribution in [1.82, 2.24) is 19.9 Å². The van der Waals surface area contributed by atoms with Crippen LogP contribution in [0.5, 0.6) is 0 Å². The number of thiazole rings is 1. The number of hydrogen-bond donors (Lipinski definition) is 1. The van der Waals surface area contributed by atoms with Crippen molar-refractivity contribution in [1.29, 1.82) is 5.26 Å². The molecular weight excluding hydrogens is 356 g/mol. The molecule has 132 valence electrons. The molecule has 0 saturated carbocycles. The molecule has 0 aliphatic heterocycles. The molecule has 0 aliphatic carbocycles. The van der Waals surface area contributed by atoms with E-state index in [1.165, 1.54) is 0 Å². The Morgan fingerprint density at radius 3 is 2.81 bits per heavy atom. The molecule has 6 nitrogen and oxygen atoms in total. The second-order valence-electron chi connectivity index (χ2n) is 5.91. The first-order chi connectivity index (χ1) is 13.3. The van der Waals surface area contributed by atoms with Gasteiger partial charge in [-0.2, -0.15) is 5.26 Å². The maximum absolute atomic E-state index is 9.19. The smallest absolute Gasteiger partial charge is 0.222 e. The zero-order valence-corrected chi connectivity index (χ0v) is 15.3. The largest absolute Gasteiger partial charge is 0.354 e. The SMILES string of the molecule is N#CCc1nc(NCCc2cccnc2)ncc1-c1nc2ccccc2s1. The van der Waals surface area contributed by atoms with Crippen LogP contribution in [-0.4, -0.2) is 26.5 Å². The summed E-state index contributed by atoms with van der Waals surface area (Å²) < 4.78 is 1.11. The van der Waals surface area contributed by atoms with Crippen molar-refractivity contribution in [2.45, 2.75) is 12.8 Å². The van der Waals surface area contributed by atoms with E-state index >= 15 is 0 Å². The molecule has 1 aromatic carbocycles.